The fourth-order valence-corrected chi connectivity index (χ4v) is 4.20. The minimum absolute atomic E-state index is 0.252. The average molecular weight is 487 g/mol. The van der Waals surface area contributed by atoms with Crippen molar-refractivity contribution in [1.82, 2.24) is 15.1 Å². The van der Waals surface area contributed by atoms with Crippen molar-refractivity contribution in [2.24, 2.45) is 5.73 Å². The lowest BCUT2D eigenvalue weighted by Crippen LogP contribution is -2.41. The quantitative estimate of drug-likeness (QED) is 0.382. The van der Waals surface area contributed by atoms with Crippen LogP contribution in [0.25, 0.3) is 16.9 Å². The summed E-state index contributed by atoms with van der Waals surface area (Å²) in [5.74, 6) is 5.54. The van der Waals surface area contributed by atoms with E-state index in [1.54, 1.807) is 22.9 Å². The van der Waals surface area contributed by atoms with Gasteiger partial charge in [-0.15, -0.1) is 11.8 Å². The Bertz CT molecular complexity index is 1200. The van der Waals surface area contributed by atoms with E-state index >= 15 is 0 Å². The maximum absolute atomic E-state index is 13.1. The second kappa shape index (κ2) is 10.0. The number of amides is 1. The Morgan fingerprint density at radius 3 is 2.44 bits per heavy atom. The minimum Gasteiger partial charge on any atom is -0.346 e. The zero-order valence-electron chi connectivity index (χ0n) is 18.3. The molecule has 1 heterocycles. The average Bonchev–Trinajstić information content (AvgIpc) is 3.11. The fraction of sp³-hybridized carbons (Fsp3) is 0.250. The fourth-order valence-electron chi connectivity index (χ4n) is 3.09. The van der Waals surface area contributed by atoms with Gasteiger partial charge in [0.05, 0.1) is 27.8 Å². The van der Waals surface area contributed by atoms with Gasteiger partial charge in [0.15, 0.2) is 5.69 Å². The van der Waals surface area contributed by atoms with Crippen molar-refractivity contribution < 1.29 is 4.79 Å². The molecule has 1 aromatic heterocycles. The number of rotatable bonds is 4. The van der Waals surface area contributed by atoms with E-state index in [-0.39, 0.29) is 12.5 Å². The Hall–Kier alpha value is -2.43. The number of thioether (sulfide) groups is 1. The van der Waals surface area contributed by atoms with E-state index in [9.17, 15) is 4.79 Å². The highest BCUT2D eigenvalue weighted by molar-refractivity contribution is 7.98. The summed E-state index contributed by atoms with van der Waals surface area (Å²) in [7, 11) is 0. The Morgan fingerprint density at radius 2 is 1.88 bits per heavy atom. The molecule has 0 unspecified atom stereocenters. The summed E-state index contributed by atoms with van der Waals surface area (Å²) in [6, 6.07) is 12.9. The first kappa shape index (κ1) is 24.2. The standard InChI is InChI=1S/C24H24Cl2N4OS/c1-24(2,3)28-23(31)20-22(32-4)21(16-8-10-17(25)11-9-16)30(29-20)19-12-7-15(6-5-13-27)14-18(19)26/h7-12,14H,13,27H2,1-4H3,(H,28,31). The predicted molar refractivity (Wildman–Crippen MR) is 134 cm³/mol. The molecule has 5 nitrogen and oxygen atoms in total. The van der Waals surface area contributed by atoms with Gasteiger partial charge in [-0.25, -0.2) is 4.68 Å². The van der Waals surface area contributed by atoms with Gasteiger partial charge in [0, 0.05) is 21.7 Å². The number of halogens is 2. The Morgan fingerprint density at radius 1 is 1.19 bits per heavy atom. The Balaban J connectivity index is 2.24. The number of hydrogen-bond acceptors (Lipinski definition) is 4. The van der Waals surface area contributed by atoms with Crippen LogP contribution in [0.4, 0.5) is 0 Å². The summed E-state index contributed by atoms with van der Waals surface area (Å²) in [6.07, 6.45) is 1.92. The molecule has 0 fully saturated rings. The van der Waals surface area contributed by atoms with E-state index in [4.69, 9.17) is 34.0 Å². The van der Waals surface area contributed by atoms with Crippen LogP contribution in [0.5, 0.6) is 0 Å². The van der Waals surface area contributed by atoms with Crippen LogP contribution in [0.3, 0.4) is 0 Å². The van der Waals surface area contributed by atoms with Gasteiger partial charge in [0.25, 0.3) is 5.91 Å². The number of nitrogens with zero attached hydrogens (tertiary/aromatic N) is 2. The summed E-state index contributed by atoms with van der Waals surface area (Å²) in [5.41, 5.74) is 8.41. The highest BCUT2D eigenvalue weighted by Gasteiger charge is 2.27. The SMILES string of the molecule is CSc1c(C(=O)NC(C)(C)C)nn(-c2ccc(C#CCN)cc2Cl)c1-c1ccc(Cl)cc1. The highest BCUT2D eigenvalue weighted by atomic mass is 35.5. The molecule has 0 saturated carbocycles. The molecular weight excluding hydrogens is 463 g/mol. The molecule has 0 bridgehead atoms. The van der Waals surface area contributed by atoms with E-state index in [1.165, 1.54) is 11.8 Å². The smallest absolute Gasteiger partial charge is 0.273 e. The lowest BCUT2D eigenvalue weighted by molar-refractivity contribution is 0.0911. The van der Waals surface area contributed by atoms with Gasteiger partial charge in [-0.3, -0.25) is 4.79 Å². The number of hydrogen-bond donors (Lipinski definition) is 2. The van der Waals surface area contributed by atoms with E-state index in [0.29, 0.717) is 21.4 Å². The molecule has 0 saturated heterocycles. The molecule has 0 spiro atoms. The normalized spacial score (nSPS) is 11.1. The zero-order valence-corrected chi connectivity index (χ0v) is 20.6. The van der Waals surface area contributed by atoms with Crippen molar-refractivity contribution in [3.63, 3.8) is 0 Å². The van der Waals surface area contributed by atoms with Crippen LogP contribution in [0.1, 0.15) is 36.8 Å². The monoisotopic (exact) mass is 486 g/mol. The van der Waals surface area contributed by atoms with Crippen LogP contribution in [0.15, 0.2) is 47.4 Å². The summed E-state index contributed by atoms with van der Waals surface area (Å²) in [6.45, 7) is 6.05. The maximum atomic E-state index is 13.1. The second-order valence-corrected chi connectivity index (χ2v) is 9.69. The zero-order chi connectivity index (χ0) is 23.5. The van der Waals surface area contributed by atoms with Crippen LogP contribution in [0.2, 0.25) is 10.0 Å². The lowest BCUT2D eigenvalue weighted by Gasteiger charge is -2.19. The third-order valence-corrected chi connectivity index (χ3v) is 5.73. The molecule has 8 heteroatoms. The van der Waals surface area contributed by atoms with Crippen LogP contribution >= 0.6 is 35.0 Å². The van der Waals surface area contributed by atoms with Crippen molar-refractivity contribution in [3.05, 3.63) is 63.8 Å². The van der Waals surface area contributed by atoms with Crippen molar-refractivity contribution in [2.45, 2.75) is 31.2 Å². The molecule has 0 radical (unpaired) electrons. The van der Waals surface area contributed by atoms with E-state index in [2.05, 4.69) is 17.2 Å². The summed E-state index contributed by atoms with van der Waals surface area (Å²) in [4.78, 5) is 13.8. The van der Waals surface area contributed by atoms with E-state index in [1.807, 2.05) is 51.3 Å². The largest absolute Gasteiger partial charge is 0.346 e. The summed E-state index contributed by atoms with van der Waals surface area (Å²) >= 11 is 14.2. The molecular formula is C24H24Cl2N4OS. The van der Waals surface area contributed by atoms with Crippen molar-refractivity contribution in [3.8, 4) is 28.8 Å². The predicted octanol–water partition coefficient (Wildman–Crippen LogP) is 5.41. The second-order valence-electron chi connectivity index (χ2n) is 8.03. The molecule has 32 heavy (non-hydrogen) atoms. The van der Waals surface area contributed by atoms with Gasteiger partial charge in [0.2, 0.25) is 0 Å². The number of carbonyl (C=O) groups excluding carboxylic acids is 1. The molecule has 1 amide bonds. The number of nitrogens with one attached hydrogen (secondary N) is 1. The van der Waals surface area contributed by atoms with Crippen molar-refractivity contribution >= 4 is 40.9 Å². The lowest BCUT2D eigenvalue weighted by atomic mass is 10.1. The Kier molecular flexibility index (Phi) is 7.58. The van der Waals surface area contributed by atoms with Gasteiger partial charge in [-0.2, -0.15) is 5.10 Å². The van der Waals surface area contributed by atoms with Gasteiger partial charge in [-0.1, -0.05) is 47.2 Å². The molecule has 2 aromatic carbocycles. The van der Waals surface area contributed by atoms with Gasteiger partial charge < -0.3 is 11.1 Å². The molecule has 3 aromatic rings. The number of aromatic nitrogens is 2. The number of nitrogens with two attached hydrogens (primary N) is 1. The topological polar surface area (TPSA) is 72.9 Å². The molecule has 3 N–H and O–H groups in total. The maximum Gasteiger partial charge on any atom is 0.273 e. The van der Waals surface area contributed by atoms with Crippen LogP contribution in [0, 0.1) is 11.8 Å². The first-order valence-electron chi connectivity index (χ1n) is 9.89. The van der Waals surface area contributed by atoms with Crippen LogP contribution in [-0.4, -0.2) is 34.0 Å². The Labute approximate surface area is 202 Å². The van der Waals surface area contributed by atoms with Crippen molar-refractivity contribution in [1.29, 1.82) is 0 Å². The third kappa shape index (κ3) is 5.48. The van der Waals surface area contributed by atoms with Crippen LogP contribution in [-0.2, 0) is 0 Å². The van der Waals surface area contributed by atoms with Crippen LogP contribution < -0.4 is 11.1 Å². The molecule has 0 aliphatic heterocycles. The first-order valence-corrected chi connectivity index (χ1v) is 11.9. The van der Waals surface area contributed by atoms with E-state index in [0.717, 1.165) is 21.7 Å². The summed E-state index contributed by atoms with van der Waals surface area (Å²) in [5, 5.41) is 8.78. The molecule has 0 aliphatic rings. The van der Waals surface area contributed by atoms with Gasteiger partial charge in [0.1, 0.15) is 0 Å². The molecule has 3 rings (SSSR count). The van der Waals surface area contributed by atoms with Gasteiger partial charge in [-0.05, 0) is 57.4 Å². The molecule has 166 valence electrons. The highest BCUT2D eigenvalue weighted by Crippen LogP contribution is 2.37. The number of carbonyl (C=O) groups is 1. The molecule has 0 aliphatic carbocycles. The number of benzene rings is 2. The first-order chi connectivity index (χ1) is 15.1. The van der Waals surface area contributed by atoms with E-state index < -0.39 is 5.54 Å². The van der Waals surface area contributed by atoms with Crippen molar-refractivity contribution in [2.75, 3.05) is 12.8 Å². The summed E-state index contributed by atoms with van der Waals surface area (Å²) < 4.78 is 1.70. The minimum atomic E-state index is -0.405. The van der Waals surface area contributed by atoms with Gasteiger partial charge >= 0.3 is 0 Å². The third-order valence-electron chi connectivity index (χ3n) is 4.38. The molecule has 0 atom stereocenters.